The monoisotopic (exact) mass is 200 g/mol. The lowest BCUT2D eigenvalue weighted by Crippen LogP contribution is -2.20. The molecule has 0 amide bonds. The largest absolute Gasteiger partial charge is 0.384 e. The van der Waals surface area contributed by atoms with Crippen LogP contribution in [0.5, 0.6) is 0 Å². The normalized spacial score (nSPS) is 9.46. The fourth-order valence-electron chi connectivity index (χ4n) is 0.980. The van der Waals surface area contributed by atoms with Crippen LogP contribution in [0.2, 0.25) is 0 Å². The zero-order valence-electron chi connectivity index (χ0n) is 8.16. The molecule has 1 aromatic rings. The summed E-state index contributed by atoms with van der Waals surface area (Å²) in [5, 5.41) is 3.33. The third-order valence-corrected chi connectivity index (χ3v) is 1.66. The SMILES string of the molecule is CN(C)CCNc1ccccc1.Cl. The van der Waals surface area contributed by atoms with E-state index in [-0.39, 0.29) is 12.4 Å². The molecule has 0 aliphatic heterocycles. The maximum atomic E-state index is 3.33. The average Bonchev–Trinajstić information content (AvgIpc) is 2.05. The molecule has 0 aliphatic carbocycles. The Bertz CT molecular complexity index is 211. The summed E-state index contributed by atoms with van der Waals surface area (Å²) in [5.74, 6) is 0. The summed E-state index contributed by atoms with van der Waals surface area (Å²) in [4.78, 5) is 2.16. The van der Waals surface area contributed by atoms with Crippen molar-refractivity contribution in [1.82, 2.24) is 4.90 Å². The first-order valence-electron chi connectivity index (χ1n) is 4.22. The van der Waals surface area contributed by atoms with Crippen molar-refractivity contribution in [3.8, 4) is 0 Å². The third-order valence-electron chi connectivity index (χ3n) is 1.66. The summed E-state index contributed by atoms with van der Waals surface area (Å²) in [6.07, 6.45) is 0. The van der Waals surface area contributed by atoms with E-state index in [2.05, 4.69) is 36.4 Å². The molecule has 0 bridgehead atoms. The first-order chi connectivity index (χ1) is 5.79. The Kier molecular flexibility index (Phi) is 6.37. The summed E-state index contributed by atoms with van der Waals surface area (Å²) in [5.41, 5.74) is 1.19. The maximum absolute atomic E-state index is 3.33. The lowest BCUT2D eigenvalue weighted by molar-refractivity contribution is 0.425. The molecule has 0 radical (unpaired) electrons. The van der Waals surface area contributed by atoms with E-state index in [0.717, 1.165) is 13.1 Å². The second-order valence-corrected chi connectivity index (χ2v) is 3.10. The fraction of sp³-hybridized carbons (Fsp3) is 0.400. The Balaban J connectivity index is 0.00000144. The van der Waals surface area contributed by atoms with Crippen LogP contribution in [0.1, 0.15) is 0 Å². The molecule has 0 atom stereocenters. The third kappa shape index (κ3) is 5.50. The Morgan fingerprint density at radius 2 is 1.77 bits per heavy atom. The molecule has 2 nitrogen and oxygen atoms in total. The van der Waals surface area contributed by atoms with Crippen LogP contribution >= 0.6 is 12.4 Å². The number of rotatable bonds is 4. The lowest BCUT2D eigenvalue weighted by atomic mass is 10.3. The summed E-state index contributed by atoms with van der Waals surface area (Å²) < 4.78 is 0. The molecule has 1 rings (SSSR count). The van der Waals surface area contributed by atoms with Crippen molar-refractivity contribution in [1.29, 1.82) is 0 Å². The van der Waals surface area contributed by atoms with Crippen molar-refractivity contribution in [3.05, 3.63) is 30.3 Å². The van der Waals surface area contributed by atoms with Crippen LogP contribution in [0.15, 0.2) is 30.3 Å². The number of nitrogens with zero attached hydrogens (tertiary/aromatic N) is 1. The van der Waals surface area contributed by atoms with Gasteiger partial charge in [-0.3, -0.25) is 0 Å². The van der Waals surface area contributed by atoms with Gasteiger partial charge in [0.15, 0.2) is 0 Å². The highest BCUT2D eigenvalue weighted by Gasteiger charge is 1.90. The number of benzene rings is 1. The Morgan fingerprint density at radius 3 is 2.31 bits per heavy atom. The molecule has 0 aromatic heterocycles. The van der Waals surface area contributed by atoms with E-state index in [0.29, 0.717) is 0 Å². The summed E-state index contributed by atoms with van der Waals surface area (Å²) in [6.45, 7) is 2.06. The zero-order chi connectivity index (χ0) is 8.81. The minimum Gasteiger partial charge on any atom is -0.384 e. The van der Waals surface area contributed by atoms with Crippen LogP contribution in [0.3, 0.4) is 0 Å². The van der Waals surface area contributed by atoms with Gasteiger partial charge in [0.1, 0.15) is 0 Å². The van der Waals surface area contributed by atoms with Gasteiger partial charge in [0.25, 0.3) is 0 Å². The van der Waals surface area contributed by atoms with E-state index in [1.165, 1.54) is 5.69 Å². The van der Waals surface area contributed by atoms with E-state index < -0.39 is 0 Å². The number of likely N-dealkylation sites (N-methyl/N-ethyl adjacent to an activating group) is 1. The zero-order valence-corrected chi connectivity index (χ0v) is 8.97. The van der Waals surface area contributed by atoms with E-state index in [9.17, 15) is 0 Å². The number of nitrogens with one attached hydrogen (secondary N) is 1. The number of anilines is 1. The van der Waals surface area contributed by atoms with Crippen molar-refractivity contribution in [2.24, 2.45) is 0 Å². The first-order valence-corrected chi connectivity index (χ1v) is 4.22. The number of para-hydroxylation sites is 1. The lowest BCUT2D eigenvalue weighted by Gasteiger charge is -2.10. The van der Waals surface area contributed by atoms with E-state index in [4.69, 9.17) is 0 Å². The molecule has 0 spiro atoms. The molecule has 13 heavy (non-hydrogen) atoms. The molecule has 1 aromatic carbocycles. The first kappa shape index (κ1) is 12.3. The van der Waals surface area contributed by atoms with Gasteiger partial charge in [-0.25, -0.2) is 0 Å². The Morgan fingerprint density at radius 1 is 1.15 bits per heavy atom. The molecule has 0 fully saturated rings. The van der Waals surface area contributed by atoms with E-state index in [1.807, 2.05) is 18.2 Å². The van der Waals surface area contributed by atoms with Gasteiger partial charge in [0.05, 0.1) is 0 Å². The Labute approximate surface area is 86.4 Å². The molecule has 1 N–H and O–H groups in total. The van der Waals surface area contributed by atoms with Gasteiger partial charge < -0.3 is 10.2 Å². The minimum absolute atomic E-state index is 0. The van der Waals surface area contributed by atoms with Crippen LogP contribution in [0, 0.1) is 0 Å². The van der Waals surface area contributed by atoms with Gasteiger partial charge >= 0.3 is 0 Å². The van der Waals surface area contributed by atoms with Gasteiger partial charge in [-0.15, -0.1) is 12.4 Å². The predicted molar refractivity (Wildman–Crippen MR) is 60.7 cm³/mol. The minimum atomic E-state index is 0. The molecule has 0 saturated carbocycles. The standard InChI is InChI=1S/C10H16N2.ClH/c1-12(2)9-8-11-10-6-4-3-5-7-10;/h3-7,11H,8-9H2,1-2H3;1H. The van der Waals surface area contributed by atoms with Crippen molar-refractivity contribution in [3.63, 3.8) is 0 Å². The molecule has 3 heteroatoms. The van der Waals surface area contributed by atoms with Gasteiger partial charge in [0.2, 0.25) is 0 Å². The van der Waals surface area contributed by atoms with Crippen LogP contribution in [0.25, 0.3) is 0 Å². The van der Waals surface area contributed by atoms with Crippen molar-refractivity contribution in [2.45, 2.75) is 0 Å². The number of hydrogen-bond donors (Lipinski definition) is 1. The summed E-state index contributed by atoms with van der Waals surface area (Å²) in [7, 11) is 4.15. The molecular weight excluding hydrogens is 184 g/mol. The highest BCUT2D eigenvalue weighted by molar-refractivity contribution is 5.85. The average molecular weight is 201 g/mol. The van der Waals surface area contributed by atoms with Crippen LogP contribution in [0.4, 0.5) is 5.69 Å². The van der Waals surface area contributed by atoms with Gasteiger partial charge in [-0.2, -0.15) is 0 Å². The molecule has 0 unspecified atom stereocenters. The molecule has 74 valence electrons. The molecule has 0 aliphatic rings. The highest BCUT2D eigenvalue weighted by Crippen LogP contribution is 2.03. The summed E-state index contributed by atoms with van der Waals surface area (Å²) in [6, 6.07) is 10.3. The van der Waals surface area contributed by atoms with Crippen LogP contribution in [-0.2, 0) is 0 Å². The van der Waals surface area contributed by atoms with Gasteiger partial charge in [-0.1, -0.05) is 18.2 Å². The van der Waals surface area contributed by atoms with E-state index >= 15 is 0 Å². The predicted octanol–water partition coefficient (Wildman–Crippen LogP) is 2.08. The molecular formula is C10H17ClN2. The number of hydrogen-bond acceptors (Lipinski definition) is 2. The Hall–Kier alpha value is -0.730. The van der Waals surface area contributed by atoms with Crippen molar-refractivity contribution >= 4 is 18.1 Å². The second-order valence-electron chi connectivity index (χ2n) is 3.10. The maximum Gasteiger partial charge on any atom is 0.0340 e. The highest BCUT2D eigenvalue weighted by atomic mass is 35.5. The molecule has 0 saturated heterocycles. The summed E-state index contributed by atoms with van der Waals surface area (Å²) >= 11 is 0. The number of halogens is 1. The van der Waals surface area contributed by atoms with Crippen LogP contribution < -0.4 is 5.32 Å². The van der Waals surface area contributed by atoms with Crippen LogP contribution in [-0.4, -0.2) is 32.1 Å². The second kappa shape index (κ2) is 6.75. The quantitative estimate of drug-likeness (QED) is 0.801. The fourth-order valence-corrected chi connectivity index (χ4v) is 0.980. The topological polar surface area (TPSA) is 15.3 Å². The molecule has 0 heterocycles. The van der Waals surface area contributed by atoms with Crippen molar-refractivity contribution < 1.29 is 0 Å². The smallest absolute Gasteiger partial charge is 0.0340 e. The van der Waals surface area contributed by atoms with Crippen molar-refractivity contribution in [2.75, 3.05) is 32.5 Å². The van der Waals surface area contributed by atoms with E-state index in [1.54, 1.807) is 0 Å². The van der Waals surface area contributed by atoms with Gasteiger partial charge in [0, 0.05) is 18.8 Å². The van der Waals surface area contributed by atoms with Gasteiger partial charge in [-0.05, 0) is 26.2 Å².